The van der Waals surface area contributed by atoms with Crippen LogP contribution < -0.4 is 9.64 Å². The van der Waals surface area contributed by atoms with Gasteiger partial charge >= 0.3 is 0 Å². The normalized spacial score (nSPS) is 12.6. The molecule has 3 rings (SSSR count). The Morgan fingerprint density at radius 1 is 1.12 bits per heavy atom. The minimum absolute atomic E-state index is 0.0535. The second-order valence-corrected chi connectivity index (χ2v) is 5.53. The first-order valence-corrected chi connectivity index (χ1v) is 7.51. The molecule has 0 spiro atoms. The molecule has 0 saturated heterocycles. The number of nitro groups is 2. The number of benzene rings is 2. The molecule has 0 aromatic heterocycles. The summed E-state index contributed by atoms with van der Waals surface area (Å²) in [5.41, 5.74) is 0.751. The van der Waals surface area contributed by atoms with Crippen molar-refractivity contribution < 1.29 is 23.8 Å². The lowest BCUT2D eigenvalue weighted by atomic mass is 10.1. The fourth-order valence-corrected chi connectivity index (χ4v) is 2.70. The molecule has 1 amide bonds. The molecular formula is C16H12FN3O6. The van der Waals surface area contributed by atoms with Gasteiger partial charge in [-0.3, -0.25) is 25.0 Å². The van der Waals surface area contributed by atoms with E-state index >= 15 is 0 Å². The minimum Gasteiger partial charge on any atom is -0.481 e. The summed E-state index contributed by atoms with van der Waals surface area (Å²) in [6.45, 7) is -0.132. The largest absolute Gasteiger partial charge is 0.481 e. The van der Waals surface area contributed by atoms with Crippen LogP contribution in [0.1, 0.15) is 5.56 Å². The SMILES string of the molecule is O=C(COc1ccc([N+](=O)[O-])cc1F)N1CCc2cc([N+](=O)[O-])ccc21. The lowest BCUT2D eigenvalue weighted by Crippen LogP contribution is -2.33. The van der Waals surface area contributed by atoms with E-state index in [1.165, 1.54) is 23.1 Å². The molecule has 26 heavy (non-hydrogen) atoms. The first-order chi connectivity index (χ1) is 12.4. The molecule has 0 bridgehead atoms. The van der Waals surface area contributed by atoms with Crippen LogP contribution in [0.2, 0.25) is 0 Å². The van der Waals surface area contributed by atoms with Crippen LogP contribution in [0.5, 0.6) is 5.75 Å². The Morgan fingerprint density at radius 3 is 2.42 bits per heavy atom. The summed E-state index contributed by atoms with van der Waals surface area (Å²) in [4.78, 5) is 33.9. The number of halogens is 1. The Bertz CT molecular complexity index is 917. The molecule has 0 fully saturated rings. The Balaban J connectivity index is 1.69. The molecule has 1 aliphatic rings. The molecule has 0 saturated carbocycles. The highest BCUT2D eigenvalue weighted by Gasteiger charge is 2.27. The van der Waals surface area contributed by atoms with Gasteiger partial charge in [0.25, 0.3) is 17.3 Å². The summed E-state index contributed by atoms with van der Waals surface area (Å²) in [6, 6.07) is 7.09. The molecule has 9 nitrogen and oxygen atoms in total. The fourth-order valence-electron chi connectivity index (χ4n) is 2.70. The van der Waals surface area contributed by atoms with Gasteiger partial charge in [-0.25, -0.2) is 4.39 Å². The number of fused-ring (bicyclic) bond motifs is 1. The van der Waals surface area contributed by atoms with Crippen molar-refractivity contribution in [3.63, 3.8) is 0 Å². The second kappa shape index (κ2) is 6.75. The van der Waals surface area contributed by atoms with Crippen LogP contribution in [-0.4, -0.2) is 28.9 Å². The predicted octanol–water partition coefficient (Wildman–Crippen LogP) is 2.61. The third-order valence-electron chi connectivity index (χ3n) is 3.95. The fraction of sp³-hybridized carbons (Fsp3) is 0.188. The van der Waals surface area contributed by atoms with Crippen molar-refractivity contribution in [1.82, 2.24) is 0 Å². The lowest BCUT2D eigenvalue weighted by molar-refractivity contribution is -0.385. The summed E-state index contributed by atoms with van der Waals surface area (Å²) in [6.07, 6.45) is 0.467. The van der Waals surface area contributed by atoms with E-state index < -0.39 is 33.9 Å². The first-order valence-electron chi connectivity index (χ1n) is 7.51. The van der Waals surface area contributed by atoms with Crippen molar-refractivity contribution in [3.8, 4) is 5.75 Å². The highest BCUT2D eigenvalue weighted by molar-refractivity contribution is 5.96. The van der Waals surface area contributed by atoms with Crippen molar-refractivity contribution in [2.75, 3.05) is 18.1 Å². The van der Waals surface area contributed by atoms with Crippen molar-refractivity contribution in [3.05, 3.63) is 68.0 Å². The van der Waals surface area contributed by atoms with Crippen LogP contribution in [0.4, 0.5) is 21.5 Å². The van der Waals surface area contributed by atoms with Crippen molar-refractivity contribution in [1.29, 1.82) is 0 Å². The summed E-state index contributed by atoms with van der Waals surface area (Å²) in [5.74, 6) is -1.66. The number of ether oxygens (including phenoxy) is 1. The maximum atomic E-state index is 13.8. The standard InChI is InChI=1S/C16H12FN3O6/c17-13-8-12(20(24)25)2-4-15(13)26-9-16(21)18-6-5-10-7-11(19(22)23)1-3-14(10)18/h1-4,7-8H,5-6,9H2. The second-order valence-electron chi connectivity index (χ2n) is 5.53. The van der Waals surface area contributed by atoms with E-state index in [0.717, 1.165) is 12.1 Å². The molecule has 0 N–H and O–H groups in total. The number of nitrogens with zero attached hydrogens (tertiary/aromatic N) is 3. The number of amides is 1. The third-order valence-corrected chi connectivity index (χ3v) is 3.95. The van der Waals surface area contributed by atoms with Gasteiger partial charge in [-0.1, -0.05) is 0 Å². The van der Waals surface area contributed by atoms with E-state index in [4.69, 9.17) is 4.74 Å². The number of carbonyl (C=O) groups excluding carboxylic acids is 1. The number of nitro benzene ring substituents is 2. The molecule has 134 valence electrons. The zero-order valence-electron chi connectivity index (χ0n) is 13.3. The van der Waals surface area contributed by atoms with Crippen molar-refractivity contribution in [2.24, 2.45) is 0 Å². The molecule has 0 aliphatic carbocycles. The summed E-state index contributed by atoms with van der Waals surface area (Å²) in [5, 5.41) is 21.4. The average Bonchev–Trinajstić information content (AvgIpc) is 3.03. The minimum atomic E-state index is -0.940. The zero-order chi connectivity index (χ0) is 18.8. The molecule has 0 atom stereocenters. The molecule has 2 aromatic rings. The van der Waals surface area contributed by atoms with E-state index in [0.29, 0.717) is 30.3 Å². The molecule has 2 aromatic carbocycles. The highest BCUT2D eigenvalue weighted by Crippen LogP contribution is 2.31. The Kier molecular flexibility index (Phi) is 4.48. The van der Waals surface area contributed by atoms with Crippen molar-refractivity contribution >= 4 is 23.0 Å². The van der Waals surface area contributed by atoms with Crippen LogP contribution >= 0.6 is 0 Å². The van der Waals surface area contributed by atoms with Crippen LogP contribution in [0.15, 0.2) is 36.4 Å². The van der Waals surface area contributed by atoms with E-state index in [9.17, 15) is 29.4 Å². The molecule has 1 aliphatic heterocycles. The van der Waals surface area contributed by atoms with Gasteiger partial charge in [-0.15, -0.1) is 0 Å². The van der Waals surface area contributed by atoms with Crippen LogP contribution in [0, 0.1) is 26.0 Å². The Hall–Kier alpha value is -3.56. The maximum Gasteiger partial charge on any atom is 0.272 e. The van der Waals surface area contributed by atoms with Gasteiger partial charge in [0.15, 0.2) is 18.2 Å². The monoisotopic (exact) mass is 361 g/mol. The van der Waals surface area contributed by atoms with E-state index in [1.807, 2.05) is 0 Å². The number of carbonyl (C=O) groups is 1. The topological polar surface area (TPSA) is 116 Å². The number of hydrogen-bond acceptors (Lipinski definition) is 6. The number of rotatable bonds is 5. The molecule has 1 heterocycles. The quantitative estimate of drug-likeness (QED) is 0.597. The lowest BCUT2D eigenvalue weighted by Gasteiger charge is -2.17. The Morgan fingerprint density at radius 2 is 1.77 bits per heavy atom. The van der Waals surface area contributed by atoms with Gasteiger partial charge in [0.2, 0.25) is 0 Å². The predicted molar refractivity (Wildman–Crippen MR) is 87.7 cm³/mol. The van der Waals surface area contributed by atoms with Gasteiger partial charge in [-0.05, 0) is 24.1 Å². The summed E-state index contributed by atoms with van der Waals surface area (Å²) >= 11 is 0. The molecule has 0 radical (unpaired) electrons. The number of non-ortho nitro benzene ring substituents is 2. The van der Waals surface area contributed by atoms with Gasteiger partial charge in [0.1, 0.15) is 0 Å². The smallest absolute Gasteiger partial charge is 0.272 e. The van der Waals surface area contributed by atoms with Gasteiger partial charge in [0, 0.05) is 30.4 Å². The highest BCUT2D eigenvalue weighted by atomic mass is 19.1. The van der Waals surface area contributed by atoms with Crippen LogP contribution in [0.25, 0.3) is 0 Å². The summed E-state index contributed by atoms with van der Waals surface area (Å²) in [7, 11) is 0. The zero-order valence-corrected chi connectivity index (χ0v) is 13.3. The van der Waals surface area contributed by atoms with Crippen LogP contribution in [0.3, 0.4) is 0 Å². The maximum absolute atomic E-state index is 13.8. The van der Waals surface area contributed by atoms with Crippen molar-refractivity contribution in [2.45, 2.75) is 6.42 Å². The van der Waals surface area contributed by atoms with E-state index in [2.05, 4.69) is 0 Å². The molecule has 10 heteroatoms. The van der Waals surface area contributed by atoms with Gasteiger partial charge in [-0.2, -0.15) is 0 Å². The van der Waals surface area contributed by atoms with E-state index in [-0.39, 0.29) is 11.4 Å². The van der Waals surface area contributed by atoms with Gasteiger partial charge < -0.3 is 9.64 Å². The third kappa shape index (κ3) is 3.29. The van der Waals surface area contributed by atoms with Gasteiger partial charge in [0.05, 0.1) is 15.9 Å². The number of hydrogen-bond donors (Lipinski definition) is 0. The molecule has 0 unspecified atom stereocenters. The summed E-state index contributed by atoms with van der Waals surface area (Å²) < 4.78 is 18.9. The average molecular weight is 361 g/mol. The Labute approximate surface area is 145 Å². The molecular weight excluding hydrogens is 349 g/mol. The van der Waals surface area contributed by atoms with Crippen LogP contribution in [-0.2, 0) is 11.2 Å². The van der Waals surface area contributed by atoms with E-state index in [1.54, 1.807) is 0 Å². The first kappa shape index (κ1) is 17.3. The number of anilines is 1.